The number of benzene rings is 1. The maximum absolute atomic E-state index is 13.4. The van der Waals surface area contributed by atoms with E-state index in [1.807, 2.05) is 0 Å². The Morgan fingerprint density at radius 2 is 1.95 bits per heavy atom. The fourth-order valence-corrected chi connectivity index (χ4v) is 3.89. The molecule has 1 aromatic rings. The molecule has 0 radical (unpaired) electrons. The van der Waals surface area contributed by atoms with Gasteiger partial charge in [0, 0.05) is 18.7 Å². The fourth-order valence-electron chi connectivity index (χ4n) is 2.72. The van der Waals surface area contributed by atoms with Crippen LogP contribution in [-0.4, -0.2) is 15.0 Å². The molecule has 0 aromatic heterocycles. The van der Waals surface area contributed by atoms with Crippen LogP contribution in [0.15, 0.2) is 23.1 Å². The number of sulfonamides is 1. The molecule has 0 aliphatic heterocycles. The number of nitrogens with one attached hydrogen (secondary N) is 1. The molecule has 21 heavy (non-hydrogen) atoms. The Bertz CT molecular complexity index is 581. The summed E-state index contributed by atoms with van der Waals surface area (Å²) in [5.74, 6) is 0.658. The highest BCUT2D eigenvalue weighted by atomic mass is 32.2. The summed E-state index contributed by atoms with van der Waals surface area (Å²) < 4.78 is 40.5. The third-order valence-electron chi connectivity index (χ3n) is 4.24. The predicted octanol–water partition coefficient (Wildman–Crippen LogP) is 2.39. The van der Waals surface area contributed by atoms with Crippen molar-refractivity contribution in [2.45, 2.75) is 44.0 Å². The minimum atomic E-state index is -3.59. The normalized spacial score (nSPS) is 23.2. The van der Waals surface area contributed by atoms with Gasteiger partial charge in [0.15, 0.2) is 0 Å². The van der Waals surface area contributed by atoms with Gasteiger partial charge >= 0.3 is 0 Å². The molecule has 0 bridgehead atoms. The summed E-state index contributed by atoms with van der Waals surface area (Å²) in [6.45, 7) is 2.66. The number of rotatable bonds is 5. The van der Waals surface area contributed by atoms with Gasteiger partial charge in [0.1, 0.15) is 5.82 Å². The van der Waals surface area contributed by atoms with E-state index in [1.165, 1.54) is 12.1 Å². The smallest absolute Gasteiger partial charge is 0.240 e. The minimum Gasteiger partial charge on any atom is -0.326 e. The van der Waals surface area contributed by atoms with E-state index in [2.05, 4.69) is 11.6 Å². The molecule has 0 saturated heterocycles. The summed E-state index contributed by atoms with van der Waals surface area (Å²) in [4.78, 5) is 0.0773. The molecule has 0 spiro atoms. The maximum atomic E-state index is 13.4. The Kier molecular flexibility index (Phi) is 5.35. The molecule has 0 atom stereocenters. The lowest BCUT2D eigenvalue weighted by atomic mass is 9.83. The van der Waals surface area contributed by atoms with Crippen LogP contribution in [0.4, 0.5) is 4.39 Å². The van der Waals surface area contributed by atoms with Gasteiger partial charge < -0.3 is 5.73 Å². The zero-order chi connectivity index (χ0) is 15.5. The lowest BCUT2D eigenvalue weighted by Gasteiger charge is -2.26. The van der Waals surface area contributed by atoms with Gasteiger partial charge in [-0.1, -0.05) is 19.8 Å². The molecule has 3 N–H and O–H groups in total. The second kappa shape index (κ2) is 6.85. The molecular weight excluding hydrogens is 291 g/mol. The van der Waals surface area contributed by atoms with Crippen molar-refractivity contribution in [3.05, 3.63) is 29.6 Å². The zero-order valence-corrected chi connectivity index (χ0v) is 13.1. The van der Waals surface area contributed by atoms with Crippen LogP contribution < -0.4 is 10.5 Å². The summed E-state index contributed by atoms with van der Waals surface area (Å²) in [5, 5.41) is 0. The van der Waals surface area contributed by atoms with Crippen molar-refractivity contribution in [1.29, 1.82) is 0 Å². The Labute approximate surface area is 126 Å². The standard InChI is InChI=1S/C15H23FN2O2S/c1-11-2-4-12(5-3-11)10-18-21(19,20)14-6-7-15(16)13(8-14)9-17/h6-8,11-12,18H,2-5,9-10,17H2,1H3. The van der Waals surface area contributed by atoms with Crippen molar-refractivity contribution >= 4 is 10.0 Å². The van der Waals surface area contributed by atoms with Crippen molar-refractivity contribution < 1.29 is 12.8 Å². The van der Waals surface area contributed by atoms with E-state index in [1.54, 1.807) is 0 Å². The number of hydrogen-bond acceptors (Lipinski definition) is 3. The highest BCUT2D eigenvalue weighted by Crippen LogP contribution is 2.28. The van der Waals surface area contributed by atoms with Crippen LogP contribution in [0.3, 0.4) is 0 Å². The quantitative estimate of drug-likeness (QED) is 0.876. The lowest BCUT2D eigenvalue weighted by molar-refractivity contribution is 0.290. The molecule has 0 unspecified atom stereocenters. The van der Waals surface area contributed by atoms with E-state index in [0.29, 0.717) is 12.5 Å². The average Bonchev–Trinajstić information content (AvgIpc) is 2.47. The van der Waals surface area contributed by atoms with Crippen LogP contribution in [0.5, 0.6) is 0 Å². The first-order valence-corrected chi connectivity index (χ1v) is 8.89. The van der Waals surface area contributed by atoms with Crippen LogP contribution in [0, 0.1) is 17.7 Å². The van der Waals surface area contributed by atoms with Crippen LogP contribution in [0.25, 0.3) is 0 Å². The van der Waals surface area contributed by atoms with Gasteiger partial charge in [-0.15, -0.1) is 0 Å². The third-order valence-corrected chi connectivity index (χ3v) is 5.67. The van der Waals surface area contributed by atoms with Crippen LogP contribution in [0.1, 0.15) is 38.2 Å². The molecule has 1 fully saturated rings. The molecule has 6 heteroatoms. The van der Waals surface area contributed by atoms with Crippen LogP contribution in [0.2, 0.25) is 0 Å². The Hall–Kier alpha value is -0.980. The molecule has 4 nitrogen and oxygen atoms in total. The van der Waals surface area contributed by atoms with Gasteiger partial charge in [-0.05, 0) is 42.9 Å². The Morgan fingerprint density at radius 3 is 2.57 bits per heavy atom. The zero-order valence-electron chi connectivity index (χ0n) is 12.3. The number of nitrogens with two attached hydrogens (primary N) is 1. The molecule has 1 aliphatic carbocycles. The average molecular weight is 314 g/mol. The van der Waals surface area contributed by atoms with Crippen molar-refractivity contribution in [3.8, 4) is 0 Å². The van der Waals surface area contributed by atoms with Crippen molar-refractivity contribution in [1.82, 2.24) is 4.72 Å². The fraction of sp³-hybridized carbons (Fsp3) is 0.600. The van der Waals surface area contributed by atoms with Crippen LogP contribution >= 0.6 is 0 Å². The first-order valence-electron chi connectivity index (χ1n) is 7.40. The third kappa shape index (κ3) is 4.25. The van der Waals surface area contributed by atoms with E-state index >= 15 is 0 Å². The molecule has 118 valence electrons. The van der Waals surface area contributed by atoms with Gasteiger partial charge in [-0.3, -0.25) is 0 Å². The lowest BCUT2D eigenvalue weighted by Crippen LogP contribution is -2.31. The number of hydrogen-bond donors (Lipinski definition) is 2. The molecule has 1 aliphatic rings. The van der Waals surface area contributed by atoms with E-state index < -0.39 is 15.8 Å². The largest absolute Gasteiger partial charge is 0.326 e. The molecule has 1 aromatic carbocycles. The summed E-state index contributed by atoms with van der Waals surface area (Å²) in [6, 6.07) is 3.74. The Morgan fingerprint density at radius 1 is 1.29 bits per heavy atom. The highest BCUT2D eigenvalue weighted by molar-refractivity contribution is 7.89. The molecule has 2 rings (SSSR count). The van der Waals surface area contributed by atoms with E-state index in [0.717, 1.165) is 37.7 Å². The van der Waals surface area contributed by atoms with Gasteiger partial charge in [0.25, 0.3) is 0 Å². The van der Waals surface area contributed by atoms with Gasteiger partial charge in [0.2, 0.25) is 10.0 Å². The summed E-state index contributed by atoms with van der Waals surface area (Å²) in [7, 11) is -3.59. The SMILES string of the molecule is CC1CCC(CNS(=O)(=O)c2ccc(F)c(CN)c2)CC1. The van der Waals surface area contributed by atoms with Crippen LogP contribution in [-0.2, 0) is 16.6 Å². The monoisotopic (exact) mass is 314 g/mol. The summed E-state index contributed by atoms with van der Waals surface area (Å²) in [5.41, 5.74) is 5.62. The Balaban J connectivity index is 2.01. The van der Waals surface area contributed by atoms with E-state index in [-0.39, 0.29) is 17.0 Å². The van der Waals surface area contributed by atoms with Crippen molar-refractivity contribution in [2.75, 3.05) is 6.54 Å². The first-order chi connectivity index (χ1) is 9.92. The van der Waals surface area contributed by atoms with Gasteiger partial charge in [0.05, 0.1) is 4.90 Å². The second-order valence-corrected chi connectivity index (χ2v) is 7.70. The van der Waals surface area contributed by atoms with Gasteiger partial charge in [-0.2, -0.15) is 0 Å². The first kappa shape index (κ1) is 16.4. The highest BCUT2D eigenvalue weighted by Gasteiger charge is 2.21. The topological polar surface area (TPSA) is 72.2 Å². The van der Waals surface area contributed by atoms with E-state index in [4.69, 9.17) is 5.73 Å². The van der Waals surface area contributed by atoms with Gasteiger partial charge in [-0.25, -0.2) is 17.5 Å². The maximum Gasteiger partial charge on any atom is 0.240 e. The summed E-state index contributed by atoms with van der Waals surface area (Å²) >= 11 is 0. The molecule has 0 amide bonds. The minimum absolute atomic E-state index is 0.0181. The van der Waals surface area contributed by atoms with Crippen molar-refractivity contribution in [3.63, 3.8) is 0 Å². The van der Waals surface area contributed by atoms with Crippen molar-refractivity contribution in [2.24, 2.45) is 17.6 Å². The summed E-state index contributed by atoms with van der Waals surface area (Å²) in [6.07, 6.45) is 4.42. The molecular formula is C15H23FN2O2S. The molecule has 0 heterocycles. The van der Waals surface area contributed by atoms with E-state index in [9.17, 15) is 12.8 Å². The number of halogens is 1. The predicted molar refractivity (Wildman–Crippen MR) is 80.6 cm³/mol. The molecule has 1 saturated carbocycles. The second-order valence-electron chi connectivity index (χ2n) is 5.94.